The lowest BCUT2D eigenvalue weighted by Crippen LogP contribution is -2.49. The van der Waals surface area contributed by atoms with Crippen molar-refractivity contribution in [1.82, 2.24) is 0 Å². The van der Waals surface area contributed by atoms with Crippen molar-refractivity contribution in [2.24, 2.45) is 0 Å². The molecule has 2 N–H and O–H groups in total. The van der Waals surface area contributed by atoms with Crippen LogP contribution in [0.2, 0.25) is 0 Å². The number of benzene rings is 1. The number of anilines is 2. The number of rotatable bonds is 2. The van der Waals surface area contributed by atoms with Gasteiger partial charge in [0.25, 0.3) is 0 Å². The second-order valence-electron chi connectivity index (χ2n) is 4.53. The normalized spacial score (nSPS) is 25.0. The summed E-state index contributed by atoms with van der Waals surface area (Å²) in [6, 6.07) is 5.24. The molecule has 2 atom stereocenters. The van der Waals surface area contributed by atoms with Crippen molar-refractivity contribution in [3.05, 3.63) is 24.0 Å². The number of hydrogen-bond acceptors (Lipinski definition) is 3. The van der Waals surface area contributed by atoms with E-state index in [2.05, 4.69) is 11.8 Å². The van der Waals surface area contributed by atoms with Gasteiger partial charge in [0.2, 0.25) is 0 Å². The van der Waals surface area contributed by atoms with Crippen LogP contribution >= 0.6 is 0 Å². The molecule has 0 saturated carbocycles. The third-order valence-corrected chi connectivity index (χ3v) is 3.28. The fourth-order valence-corrected chi connectivity index (χ4v) is 2.25. The Kier molecular flexibility index (Phi) is 3.52. The molecule has 0 radical (unpaired) electrons. The van der Waals surface area contributed by atoms with Gasteiger partial charge in [-0.3, -0.25) is 0 Å². The number of hydrogen-bond donors (Lipinski definition) is 1. The number of para-hydroxylation sites is 1. The average Bonchev–Trinajstić information content (AvgIpc) is 2.33. The molecule has 0 amide bonds. The monoisotopic (exact) mass is 238 g/mol. The van der Waals surface area contributed by atoms with Crippen molar-refractivity contribution in [3.8, 4) is 0 Å². The molecule has 1 aromatic carbocycles. The summed E-state index contributed by atoms with van der Waals surface area (Å²) < 4.78 is 19.1. The second kappa shape index (κ2) is 4.92. The van der Waals surface area contributed by atoms with E-state index in [1.165, 1.54) is 6.07 Å². The maximum absolute atomic E-state index is 13.5. The molecule has 1 aliphatic heterocycles. The number of halogens is 1. The van der Waals surface area contributed by atoms with Crippen molar-refractivity contribution in [2.45, 2.75) is 32.4 Å². The van der Waals surface area contributed by atoms with Crippen LogP contribution in [0.4, 0.5) is 15.8 Å². The van der Waals surface area contributed by atoms with Gasteiger partial charge in [0, 0.05) is 6.54 Å². The minimum Gasteiger partial charge on any atom is -0.395 e. The number of morpholine rings is 1. The Balaban J connectivity index is 2.32. The van der Waals surface area contributed by atoms with Crippen LogP contribution in [0.15, 0.2) is 18.2 Å². The number of ether oxygens (including phenoxy) is 1. The van der Waals surface area contributed by atoms with Gasteiger partial charge < -0.3 is 15.4 Å². The van der Waals surface area contributed by atoms with Gasteiger partial charge in [-0.1, -0.05) is 13.0 Å². The van der Waals surface area contributed by atoms with E-state index in [1.54, 1.807) is 6.07 Å². The minimum atomic E-state index is -0.350. The summed E-state index contributed by atoms with van der Waals surface area (Å²) in [5.41, 5.74) is 6.84. The van der Waals surface area contributed by atoms with E-state index in [-0.39, 0.29) is 23.7 Å². The molecular weight excluding hydrogens is 219 g/mol. The first-order valence-corrected chi connectivity index (χ1v) is 6.05. The molecule has 1 heterocycles. The standard InChI is InChI=1S/C13H19FN2O/c1-3-10-8-17-9(2)7-16(10)12-6-4-5-11(14)13(12)15/h4-6,9-10H,3,7-8,15H2,1-2H3. The molecule has 0 spiro atoms. The lowest BCUT2D eigenvalue weighted by Gasteiger charge is -2.40. The summed E-state index contributed by atoms with van der Waals surface area (Å²) in [6.45, 7) is 5.56. The van der Waals surface area contributed by atoms with Gasteiger partial charge in [-0.2, -0.15) is 0 Å². The first-order chi connectivity index (χ1) is 8.13. The molecule has 3 nitrogen and oxygen atoms in total. The van der Waals surface area contributed by atoms with E-state index < -0.39 is 0 Å². The highest BCUT2D eigenvalue weighted by Crippen LogP contribution is 2.30. The molecule has 0 bridgehead atoms. The van der Waals surface area contributed by atoms with E-state index in [0.29, 0.717) is 6.61 Å². The first kappa shape index (κ1) is 12.2. The van der Waals surface area contributed by atoms with Crippen molar-refractivity contribution in [2.75, 3.05) is 23.8 Å². The zero-order valence-electron chi connectivity index (χ0n) is 10.3. The lowest BCUT2D eigenvalue weighted by molar-refractivity contribution is 0.0300. The Morgan fingerprint density at radius 3 is 3.00 bits per heavy atom. The molecular formula is C13H19FN2O. The third-order valence-electron chi connectivity index (χ3n) is 3.28. The summed E-state index contributed by atoms with van der Waals surface area (Å²) in [5.74, 6) is -0.350. The molecule has 4 heteroatoms. The van der Waals surface area contributed by atoms with E-state index in [0.717, 1.165) is 18.7 Å². The highest BCUT2D eigenvalue weighted by molar-refractivity contribution is 5.68. The maximum Gasteiger partial charge on any atom is 0.148 e. The third kappa shape index (κ3) is 2.36. The van der Waals surface area contributed by atoms with Crippen LogP contribution in [-0.2, 0) is 4.74 Å². The van der Waals surface area contributed by atoms with Gasteiger partial charge in [-0.25, -0.2) is 4.39 Å². The van der Waals surface area contributed by atoms with Crippen LogP contribution in [0.25, 0.3) is 0 Å². The highest BCUT2D eigenvalue weighted by Gasteiger charge is 2.27. The van der Waals surface area contributed by atoms with E-state index in [1.807, 2.05) is 13.0 Å². The van der Waals surface area contributed by atoms with E-state index in [9.17, 15) is 4.39 Å². The Morgan fingerprint density at radius 1 is 1.53 bits per heavy atom. The number of nitrogens with two attached hydrogens (primary N) is 1. The average molecular weight is 238 g/mol. The Hall–Kier alpha value is -1.29. The SMILES string of the molecule is CCC1COC(C)CN1c1cccc(F)c1N. The van der Waals surface area contributed by atoms with Crippen molar-refractivity contribution < 1.29 is 9.13 Å². The molecule has 1 saturated heterocycles. The second-order valence-corrected chi connectivity index (χ2v) is 4.53. The highest BCUT2D eigenvalue weighted by atomic mass is 19.1. The minimum absolute atomic E-state index is 0.153. The van der Waals surface area contributed by atoms with E-state index in [4.69, 9.17) is 10.5 Å². The molecule has 17 heavy (non-hydrogen) atoms. The van der Waals surface area contributed by atoms with Crippen LogP contribution in [0.1, 0.15) is 20.3 Å². The van der Waals surface area contributed by atoms with Crippen LogP contribution < -0.4 is 10.6 Å². The fraction of sp³-hybridized carbons (Fsp3) is 0.538. The van der Waals surface area contributed by atoms with Crippen LogP contribution in [0, 0.1) is 5.82 Å². The Labute approximate surface area is 101 Å². The molecule has 0 aromatic heterocycles. The summed E-state index contributed by atoms with van der Waals surface area (Å²) in [7, 11) is 0. The fourth-order valence-electron chi connectivity index (χ4n) is 2.25. The van der Waals surface area contributed by atoms with Gasteiger partial charge in [0.15, 0.2) is 0 Å². The molecule has 1 aliphatic rings. The van der Waals surface area contributed by atoms with Crippen LogP contribution in [0.5, 0.6) is 0 Å². The number of nitrogens with zero attached hydrogens (tertiary/aromatic N) is 1. The summed E-state index contributed by atoms with van der Waals surface area (Å²) in [4.78, 5) is 2.16. The quantitative estimate of drug-likeness (QED) is 0.804. The first-order valence-electron chi connectivity index (χ1n) is 6.05. The van der Waals surface area contributed by atoms with Crippen molar-refractivity contribution in [1.29, 1.82) is 0 Å². The van der Waals surface area contributed by atoms with Gasteiger partial charge >= 0.3 is 0 Å². The lowest BCUT2D eigenvalue weighted by atomic mass is 10.1. The smallest absolute Gasteiger partial charge is 0.148 e. The zero-order chi connectivity index (χ0) is 12.4. The predicted octanol–water partition coefficient (Wildman–Crippen LogP) is 2.41. The maximum atomic E-state index is 13.5. The topological polar surface area (TPSA) is 38.5 Å². The molecule has 2 rings (SSSR count). The molecule has 94 valence electrons. The molecule has 1 aromatic rings. The van der Waals surface area contributed by atoms with E-state index >= 15 is 0 Å². The molecule has 1 fully saturated rings. The van der Waals surface area contributed by atoms with Crippen LogP contribution in [0.3, 0.4) is 0 Å². The summed E-state index contributed by atoms with van der Waals surface area (Å²) >= 11 is 0. The van der Waals surface area contributed by atoms with Gasteiger partial charge in [0.05, 0.1) is 30.1 Å². The van der Waals surface area contributed by atoms with Crippen molar-refractivity contribution >= 4 is 11.4 Å². The van der Waals surface area contributed by atoms with Crippen LogP contribution in [-0.4, -0.2) is 25.3 Å². The van der Waals surface area contributed by atoms with Gasteiger partial charge in [0.1, 0.15) is 5.82 Å². The van der Waals surface area contributed by atoms with Gasteiger partial charge in [-0.05, 0) is 25.5 Å². The summed E-state index contributed by atoms with van der Waals surface area (Å²) in [5, 5.41) is 0. The zero-order valence-corrected chi connectivity index (χ0v) is 10.3. The predicted molar refractivity (Wildman–Crippen MR) is 67.7 cm³/mol. The van der Waals surface area contributed by atoms with Gasteiger partial charge in [-0.15, -0.1) is 0 Å². The summed E-state index contributed by atoms with van der Waals surface area (Å²) in [6.07, 6.45) is 1.11. The molecule has 0 aliphatic carbocycles. The molecule has 2 unspecified atom stereocenters. The largest absolute Gasteiger partial charge is 0.395 e. The van der Waals surface area contributed by atoms with Crippen molar-refractivity contribution in [3.63, 3.8) is 0 Å². The Morgan fingerprint density at radius 2 is 2.29 bits per heavy atom. The Bertz CT molecular complexity index is 397. The number of nitrogen functional groups attached to an aromatic ring is 1.